The molecule has 3 rings (SSSR count). The SMILES string of the molecule is Cc1cc2c(o1)CC(C)(C)CC2NC(=O)c1ccc(C(N)=O)cc1. The molecule has 1 aliphatic rings. The largest absolute Gasteiger partial charge is 0.466 e. The standard InChI is InChI=1S/C19H22N2O3/c1-11-8-14-15(9-19(2,3)10-16(14)24-11)21-18(23)13-6-4-12(5-7-13)17(20)22/h4-8,15H,9-10H2,1-3H3,(H2,20,22)(H,21,23). The Morgan fingerprint density at radius 1 is 1.21 bits per heavy atom. The van der Waals surface area contributed by atoms with E-state index in [0.29, 0.717) is 11.1 Å². The van der Waals surface area contributed by atoms with Gasteiger partial charge in [0.25, 0.3) is 5.91 Å². The number of benzene rings is 1. The Bertz CT molecular complexity index is 787. The van der Waals surface area contributed by atoms with Gasteiger partial charge < -0.3 is 15.5 Å². The molecule has 5 heteroatoms. The summed E-state index contributed by atoms with van der Waals surface area (Å²) in [7, 11) is 0. The maximum atomic E-state index is 12.6. The number of amides is 2. The van der Waals surface area contributed by atoms with Gasteiger partial charge in [0.05, 0.1) is 6.04 Å². The van der Waals surface area contributed by atoms with Crippen LogP contribution in [0.3, 0.4) is 0 Å². The van der Waals surface area contributed by atoms with Crippen LogP contribution in [-0.2, 0) is 6.42 Å². The van der Waals surface area contributed by atoms with Crippen molar-refractivity contribution in [2.45, 2.75) is 39.7 Å². The van der Waals surface area contributed by atoms with Crippen LogP contribution in [0.2, 0.25) is 0 Å². The minimum Gasteiger partial charge on any atom is -0.466 e. The number of hydrogen-bond acceptors (Lipinski definition) is 3. The fourth-order valence-electron chi connectivity index (χ4n) is 3.34. The molecular formula is C19H22N2O3. The van der Waals surface area contributed by atoms with Crippen LogP contribution in [0.15, 0.2) is 34.7 Å². The van der Waals surface area contributed by atoms with Crippen LogP contribution in [-0.4, -0.2) is 11.8 Å². The van der Waals surface area contributed by atoms with Gasteiger partial charge in [0.2, 0.25) is 5.91 Å². The van der Waals surface area contributed by atoms with Gasteiger partial charge in [-0.15, -0.1) is 0 Å². The Labute approximate surface area is 141 Å². The van der Waals surface area contributed by atoms with E-state index in [9.17, 15) is 9.59 Å². The van der Waals surface area contributed by atoms with Crippen molar-refractivity contribution in [1.29, 1.82) is 0 Å². The molecule has 0 spiro atoms. The number of hydrogen-bond donors (Lipinski definition) is 2. The van der Waals surface area contributed by atoms with Gasteiger partial charge in [-0.3, -0.25) is 9.59 Å². The molecule has 126 valence electrons. The molecule has 24 heavy (non-hydrogen) atoms. The highest BCUT2D eigenvalue weighted by Crippen LogP contribution is 2.42. The predicted molar refractivity (Wildman–Crippen MR) is 90.7 cm³/mol. The second-order valence-corrected chi connectivity index (χ2v) is 7.25. The molecule has 2 amide bonds. The maximum Gasteiger partial charge on any atom is 0.251 e. The first-order valence-electron chi connectivity index (χ1n) is 8.05. The van der Waals surface area contributed by atoms with Crippen LogP contribution >= 0.6 is 0 Å². The average Bonchev–Trinajstić information content (AvgIpc) is 2.86. The van der Waals surface area contributed by atoms with E-state index >= 15 is 0 Å². The summed E-state index contributed by atoms with van der Waals surface area (Å²) >= 11 is 0. The summed E-state index contributed by atoms with van der Waals surface area (Å²) in [5, 5.41) is 3.09. The third-order valence-electron chi connectivity index (χ3n) is 4.47. The molecule has 1 atom stereocenters. The molecule has 0 saturated heterocycles. The van der Waals surface area contributed by atoms with E-state index in [1.54, 1.807) is 24.3 Å². The van der Waals surface area contributed by atoms with Gasteiger partial charge in [-0.05, 0) is 49.1 Å². The van der Waals surface area contributed by atoms with Crippen LogP contribution in [0.1, 0.15) is 64.1 Å². The lowest BCUT2D eigenvalue weighted by molar-refractivity contribution is 0.0915. The molecule has 1 heterocycles. The summed E-state index contributed by atoms with van der Waals surface area (Å²) in [6.45, 7) is 6.27. The number of furan rings is 1. The summed E-state index contributed by atoms with van der Waals surface area (Å²) < 4.78 is 5.80. The van der Waals surface area contributed by atoms with Crippen LogP contribution < -0.4 is 11.1 Å². The summed E-state index contributed by atoms with van der Waals surface area (Å²) in [6, 6.07) is 8.29. The quantitative estimate of drug-likeness (QED) is 0.908. The highest BCUT2D eigenvalue weighted by atomic mass is 16.3. The van der Waals surface area contributed by atoms with Gasteiger partial charge in [0.1, 0.15) is 11.5 Å². The molecule has 0 aliphatic heterocycles. The first-order valence-corrected chi connectivity index (χ1v) is 8.05. The Morgan fingerprint density at radius 2 is 1.83 bits per heavy atom. The van der Waals surface area contributed by atoms with Crippen LogP contribution in [0, 0.1) is 12.3 Å². The molecule has 0 fully saturated rings. The van der Waals surface area contributed by atoms with Gasteiger partial charge in [0.15, 0.2) is 0 Å². The van der Waals surface area contributed by atoms with Gasteiger partial charge in [-0.2, -0.15) is 0 Å². The number of carbonyl (C=O) groups is 2. The molecule has 2 aromatic rings. The van der Waals surface area contributed by atoms with Crippen LogP contribution in [0.5, 0.6) is 0 Å². The van der Waals surface area contributed by atoms with Crippen molar-refractivity contribution in [2.24, 2.45) is 11.1 Å². The van der Waals surface area contributed by atoms with Gasteiger partial charge in [0, 0.05) is 23.1 Å². The molecule has 3 N–H and O–H groups in total. The van der Waals surface area contributed by atoms with Crippen molar-refractivity contribution in [3.63, 3.8) is 0 Å². The summed E-state index contributed by atoms with van der Waals surface area (Å²) in [4.78, 5) is 23.7. The summed E-state index contributed by atoms with van der Waals surface area (Å²) in [5.41, 5.74) is 7.24. The minimum absolute atomic E-state index is 0.0606. The number of nitrogens with two attached hydrogens (primary N) is 1. The highest BCUT2D eigenvalue weighted by molar-refractivity contribution is 5.97. The predicted octanol–water partition coefficient (Wildman–Crippen LogP) is 3.13. The number of rotatable bonds is 3. The third-order valence-corrected chi connectivity index (χ3v) is 4.47. The molecule has 1 unspecified atom stereocenters. The van der Waals surface area contributed by atoms with Crippen LogP contribution in [0.4, 0.5) is 0 Å². The van der Waals surface area contributed by atoms with Crippen molar-refractivity contribution >= 4 is 11.8 Å². The number of nitrogens with one attached hydrogen (secondary N) is 1. The minimum atomic E-state index is -0.505. The van der Waals surface area contributed by atoms with E-state index in [0.717, 1.165) is 29.9 Å². The van der Waals surface area contributed by atoms with E-state index in [4.69, 9.17) is 10.2 Å². The maximum absolute atomic E-state index is 12.6. The molecule has 1 aliphatic carbocycles. The van der Waals surface area contributed by atoms with Gasteiger partial charge in [-0.25, -0.2) is 0 Å². The first-order chi connectivity index (χ1) is 11.2. The average molecular weight is 326 g/mol. The van der Waals surface area contributed by atoms with E-state index in [1.807, 2.05) is 13.0 Å². The topological polar surface area (TPSA) is 85.3 Å². The number of carbonyl (C=O) groups excluding carboxylic acids is 2. The smallest absolute Gasteiger partial charge is 0.251 e. The molecule has 5 nitrogen and oxygen atoms in total. The monoisotopic (exact) mass is 326 g/mol. The van der Waals surface area contributed by atoms with Crippen molar-refractivity contribution in [3.8, 4) is 0 Å². The zero-order chi connectivity index (χ0) is 17.5. The van der Waals surface area contributed by atoms with E-state index in [2.05, 4.69) is 19.2 Å². The van der Waals surface area contributed by atoms with Gasteiger partial charge in [-0.1, -0.05) is 13.8 Å². The molecule has 0 radical (unpaired) electrons. The zero-order valence-corrected chi connectivity index (χ0v) is 14.2. The van der Waals surface area contributed by atoms with Gasteiger partial charge >= 0.3 is 0 Å². The zero-order valence-electron chi connectivity index (χ0n) is 14.2. The lowest BCUT2D eigenvalue weighted by atomic mass is 9.74. The molecule has 0 bridgehead atoms. The molecule has 1 aromatic carbocycles. The second-order valence-electron chi connectivity index (χ2n) is 7.25. The van der Waals surface area contributed by atoms with Crippen molar-refractivity contribution in [2.75, 3.05) is 0 Å². The van der Waals surface area contributed by atoms with E-state index in [-0.39, 0.29) is 17.4 Å². The third kappa shape index (κ3) is 3.20. The number of aryl methyl sites for hydroxylation is 1. The number of fused-ring (bicyclic) bond motifs is 1. The first kappa shape index (κ1) is 16.3. The summed E-state index contributed by atoms with van der Waals surface area (Å²) in [6.07, 6.45) is 1.72. The van der Waals surface area contributed by atoms with Crippen molar-refractivity contribution < 1.29 is 14.0 Å². The van der Waals surface area contributed by atoms with E-state index < -0.39 is 5.91 Å². The second kappa shape index (κ2) is 5.82. The Kier molecular flexibility index (Phi) is 3.95. The Morgan fingerprint density at radius 3 is 2.46 bits per heavy atom. The van der Waals surface area contributed by atoms with Crippen LogP contribution in [0.25, 0.3) is 0 Å². The molecule has 0 saturated carbocycles. The Hall–Kier alpha value is -2.56. The summed E-state index contributed by atoms with van der Waals surface area (Å²) in [5.74, 6) is 1.15. The van der Waals surface area contributed by atoms with E-state index in [1.165, 1.54) is 0 Å². The Balaban J connectivity index is 1.82. The number of primary amides is 1. The lowest BCUT2D eigenvalue weighted by Gasteiger charge is -2.34. The molecular weight excluding hydrogens is 304 g/mol. The highest BCUT2D eigenvalue weighted by Gasteiger charge is 2.35. The van der Waals surface area contributed by atoms with Crippen molar-refractivity contribution in [1.82, 2.24) is 5.32 Å². The normalized spacial score (nSPS) is 18.7. The molecule has 1 aromatic heterocycles. The lowest BCUT2D eigenvalue weighted by Crippen LogP contribution is -2.36. The van der Waals surface area contributed by atoms with Crippen molar-refractivity contribution in [3.05, 3.63) is 58.5 Å². The fraction of sp³-hybridized carbons (Fsp3) is 0.368. The fourth-order valence-corrected chi connectivity index (χ4v) is 3.34.